The third-order valence-electron chi connectivity index (χ3n) is 4.14. The van der Waals surface area contributed by atoms with Crippen molar-refractivity contribution >= 4 is 21.7 Å². The summed E-state index contributed by atoms with van der Waals surface area (Å²) in [7, 11) is -3.86. The molecule has 28 heavy (non-hydrogen) atoms. The summed E-state index contributed by atoms with van der Waals surface area (Å²) >= 11 is 0. The van der Waals surface area contributed by atoms with Gasteiger partial charge in [-0.3, -0.25) is 4.79 Å². The maximum absolute atomic E-state index is 12.8. The highest BCUT2D eigenvalue weighted by molar-refractivity contribution is 7.89. The number of carbonyl (C=O) groups is 1. The zero-order valence-electron chi connectivity index (χ0n) is 15.4. The lowest BCUT2D eigenvalue weighted by Gasteiger charge is -2.18. The molecule has 3 aromatic rings. The SMILES string of the molecule is Cc1ccc(S(=O)(=O)N[C@@H](Cc2ccccc2)C(=O)Nc2ccccn2)cc1. The van der Waals surface area contributed by atoms with E-state index in [2.05, 4.69) is 15.0 Å². The van der Waals surface area contributed by atoms with Crippen molar-refractivity contribution in [2.75, 3.05) is 5.32 Å². The average molecular weight is 395 g/mol. The first kappa shape index (κ1) is 19.7. The fraction of sp³-hybridized carbons (Fsp3) is 0.143. The van der Waals surface area contributed by atoms with Crippen LogP contribution < -0.4 is 10.0 Å². The van der Waals surface area contributed by atoms with Crippen LogP contribution in [0.3, 0.4) is 0 Å². The van der Waals surface area contributed by atoms with E-state index < -0.39 is 22.0 Å². The molecule has 0 unspecified atom stereocenters. The fourth-order valence-corrected chi connectivity index (χ4v) is 3.86. The van der Waals surface area contributed by atoms with Gasteiger partial charge < -0.3 is 5.32 Å². The molecule has 1 aromatic heterocycles. The minimum atomic E-state index is -3.86. The van der Waals surface area contributed by atoms with Gasteiger partial charge in [0.2, 0.25) is 15.9 Å². The number of carbonyl (C=O) groups excluding carboxylic acids is 1. The van der Waals surface area contributed by atoms with Gasteiger partial charge in [0, 0.05) is 6.20 Å². The molecule has 0 saturated carbocycles. The Morgan fingerprint density at radius 1 is 0.964 bits per heavy atom. The van der Waals surface area contributed by atoms with E-state index in [4.69, 9.17) is 0 Å². The number of rotatable bonds is 7. The second-order valence-corrected chi connectivity index (χ2v) is 8.09. The Morgan fingerprint density at radius 3 is 2.29 bits per heavy atom. The maximum atomic E-state index is 12.8. The van der Waals surface area contributed by atoms with Gasteiger partial charge in [-0.25, -0.2) is 13.4 Å². The molecular formula is C21H21N3O3S. The molecule has 2 N–H and O–H groups in total. The van der Waals surface area contributed by atoms with Gasteiger partial charge in [0.05, 0.1) is 4.90 Å². The number of anilines is 1. The van der Waals surface area contributed by atoms with Crippen molar-refractivity contribution in [1.29, 1.82) is 0 Å². The van der Waals surface area contributed by atoms with Gasteiger partial charge in [-0.05, 0) is 43.2 Å². The molecule has 0 spiro atoms. The molecule has 0 aliphatic heterocycles. The number of aromatic nitrogens is 1. The second-order valence-electron chi connectivity index (χ2n) is 6.38. The molecule has 7 heteroatoms. The summed E-state index contributed by atoms with van der Waals surface area (Å²) in [5.41, 5.74) is 1.79. The number of hydrogen-bond donors (Lipinski definition) is 2. The van der Waals surface area contributed by atoms with Crippen LogP contribution in [0.1, 0.15) is 11.1 Å². The summed E-state index contributed by atoms with van der Waals surface area (Å²) in [5, 5.41) is 2.67. The monoisotopic (exact) mass is 395 g/mol. The van der Waals surface area contributed by atoms with Crippen molar-refractivity contribution in [2.45, 2.75) is 24.3 Å². The van der Waals surface area contributed by atoms with Crippen LogP contribution in [0.4, 0.5) is 5.82 Å². The third kappa shape index (κ3) is 5.25. The van der Waals surface area contributed by atoms with Crippen LogP contribution in [0.2, 0.25) is 0 Å². The minimum Gasteiger partial charge on any atom is -0.309 e. The summed E-state index contributed by atoms with van der Waals surface area (Å²) < 4.78 is 28.1. The molecule has 0 bridgehead atoms. The molecule has 144 valence electrons. The number of nitrogens with zero attached hydrogens (tertiary/aromatic N) is 1. The average Bonchev–Trinajstić information content (AvgIpc) is 2.69. The van der Waals surface area contributed by atoms with E-state index in [9.17, 15) is 13.2 Å². The second kappa shape index (κ2) is 8.77. The topological polar surface area (TPSA) is 88.2 Å². The summed E-state index contributed by atoms with van der Waals surface area (Å²) in [6, 6.07) is 19.9. The predicted octanol–water partition coefficient (Wildman–Crippen LogP) is 2.92. The van der Waals surface area contributed by atoms with Gasteiger partial charge in [-0.2, -0.15) is 4.72 Å². The quantitative estimate of drug-likeness (QED) is 0.644. The van der Waals surface area contributed by atoms with Gasteiger partial charge in [0.15, 0.2) is 0 Å². The molecule has 1 heterocycles. The number of sulfonamides is 1. The first-order valence-electron chi connectivity index (χ1n) is 8.79. The van der Waals surface area contributed by atoms with Crippen LogP contribution >= 0.6 is 0 Å². The molecule has 0 radical (unpaired) electrons. The van der Waals surface area contributed by atoms with E-state index in [1.807, 2.05) is 37.3 Å². The first-order chi connectivity index (χ1) is 13.4. The van der Waals surface area contributed by atoms with Crippen molar-refractivity contribution in [3.05, 3.63) is 90.1 Å². The van der Waals surface area contributed by atoms with Crippen LogP contribution in [0, 0.1) is 6.92 Å². The molecule has 3 rings (SSSR count). The lowest BCUT2D eigenvalue weighted by Crippen LogP contribution is -2.45. The van der Waals surface area contributed by atoms with Crippen molar-refractivity contribution in [3.8, 4) is 0 Å². The molecule has 0 aliphatic carbocycles. The zero-order chi connectivity index (χ0) is 20.0. The van der Waals surface area contributed by atoms with Crippen LogP contribution in [0.25, 0.3) is 0 Å². The van der Waals surface area contributed by atoms with Crippen molar-refractivity contribution in [1.82, 2.24) is 9.71 Å². The number of hydrogen-bond acceptors (Lipinski definition) is 4. The van der Waals surface area contributed by atoms with Gasteiger partial charge in [-0.15, -0.1) is 0 Å². The molecule has 2 aromatic carbocycles. The van der Waals surface area contributed by atoms with E-state index in [1.54, 1.807) is 36.5 Å². The predicted molar refractivity (Wildman–Crippen MR) is 108 cm³/mol. The number of nitrogens with one attached hydrogen (secondary N) is 2. The van der Waals surface area contributed by atoms with Crippen LogP contribution in [0.5, 0.6) is 0 Å². The largest absolute Gasteiger partial charge is 0.309 e. The van der Waals surface area contributed by atoms with Crippen LogP contribution in [-0.2, 0) is 21.2 Å². The van der Waals surface area contributed by atoms with E-state index in [1.165, 1.54) is 12.1 Å². The summed E-state index contributed by atoms with van der Waals surface area (Å²) in [5.74, 6) is -0.113. The van der Waals surface area contributed by atoms with Gasteiger partial charge in [0.25, 0.3) is 0 Å². The summed E-state index contributed by atoms with van der Waals surface area (Å²) in [6.07, 6.45) is 1.77. The Morgan fingerprint density at radius 2 is 1.64 bits per heavy atom. The highest BCUT2D eigenvalue weighted by Gasteiger charge is 2.26. The third-order valence-corrected chi connectivity index (χ3v) is 5.63. The standard InChI is InChI=1S/C21H21N3O3S/c1-16-10-12-18(13-11-16)28(26,27)24-19(15-17-7-3-2-4-8-17)21(25)23-20-9-5-6-14-22-20/h2-14,19,24H,15H2,1H3,(H,22,23,25)/t19-/m0/s1. The summed E-state index contributed by atoms with van der Waals surface area (Å²) in [4.78, 5) is 17.0. The molecule has 1 amide bonds. The van der Waals surface area contributed by atoms with Crippen LogP contribution in [0.15, 0.2) is 83.9 Å². The molecule has 0 saturated heterocycles. The number of aryl methyl sites for hydroxylation is 1. The number of benzene rings is 2. The number of amides is 1. The van der Waals surface area contributed by atoms with Crippen molar-refractivity contribution in [2.24, 2.45) is 0 Å². The van der Waals surface area contributed by atoms with E-state index in [-0.39, 0.29) is 11.3 Å². The smallest absolute Gasteiger partial charge is 0.244 e. The van der Waals surface area contributed by atoms with E-state index in [0.29, 0.717) is 5.82 Å². The van der Waals surface area contributed by atoms with Crippen LogP contribution in [-0.4, -0.2) is 25.4 Å². The zero-order valence-corrected chi connectivity index (χ0v) is 16.2. The molecule has 0 aliphatic rings. The maximum Gasteiger partial charge on any atom is 0.244 e. The fourth-order valence-electron chi connectivity index (χ4n) is 2.66. The Bertz CT molecular complexity index is 1020. The highest BCUT2D eigenvalue weighted by Crippen LogP contribution is 2.13. The normalized spacial score (nSPS) is 12.3. The van der Waals surface area contributed by atoms with Crippen molar-refractivity contribution in [3.63, 3.8) is 0 Å². The van der Waals surface area contributed by atoms with Gasteiger partial charge in [0.1, 0.15) is 11.9 Å². The minimum absolute atomic E-state index is 0.113. The Labute approximate surface area is 164 Å². The molecular weight excluding hydrogens is 374 g/mol. The first-order valence-corrected chi connectivity index (χ1v) is 10.3. The molecule has 0 fully saturated rings. The highest BCUT2D eigenvalue weighted by atomic mass is 32.2. The molecule has 6 nitrogen and oxygen atoms in total. The van der Waals surface area contributed by atoms with Gasteiger partial charge in [-0.1, -0.05) is 54.1 Å². The van der Waals surface area contributed by atoms with E-state index in [0.717, 1.165) is 11.1 Å². The lowest BCUT2D eigenvalue weighted by molar-refractivity contribution is -0.117. The van der Waals surface area contributed by atoms with E-state index >= 15 is 0 Å². The Kier molecular flexibility index (Phi) is 6.18. The van der Waals surface area contributed by atoms with Crippen molar-refractivity contribution < 1.29 is 13.2 Å². The lowest BCUT2D eigenvalue weighted by atomic mass is 10.1. The number of pyridine rings is 1. The Hall–Kier alpha value is -3.03. The molecule has 1 atom stereocenters. The van der Waals surface area contributed by atoms with Gasteiger partial charge >= 0.3 is 0 Å². The summed E-state index contributed by atoms with van der Waals surface area (Å²) in [6.45, 7) is 1.88. The Balaban J connectivity index is 1.84.